The van der Waals surface area contributed by atoms with Crippen molar-refractivity contribution >= 4 is 17.7 Å². The number of aromatic nitrogens is 2. The van der Waals surface area contributed by atoms with Gasteiger partial charge in [0.05, 0.1) is 6.61 Å². The average molecular weight is 321 g/mol. The molecule has 3 heterocycles. The number of carboxylic acids is 1. The van der Waals surface area contributed by atoms with E-state index < -0.39 is 11.4 Å². The van der Waals surface area contributed by atoms with Gasteiger partial charge in [-0.15, -0.1) is 0 Å². The van der Waals surface area contributed by atoms with E-state index in [-0.39, 0.29) is 5.92 Å². The Bertz CT molecular complexity index is 584. The molecule has 1 aromatic rings. The average Bonchev–Trinajstić information content (AvgIpc) is 3.08. The maximum Gasteiger partial charge on any atom is 0.313 e. The largest absolute Gasteiger partial charge is 0.481 e. The lowest BCUT2D eigenvalue weighted by Crippen LogP contribution is -2.41. The van der Waals surface area contributed by atoms with Crippen molar-refractivity contribution in [3.63, 3.8) is 0 Å². The summed E-state index contributed by atoms with van der Waals surface area (Å²) in [4.78, 5) is 24.9. The van der Waals surface area contributed by atoms with Gasteiger partial charge in [-0.1, -0.05) is 0 Å². The summed E-state index contributed by atoms with van der Waals surface area (Å²) in [6, 6.07) is 1.79. The highest BCUT2D eigenvalue weighted by Crippen LogP contribution is 2.43. The molecule has 2 fully saturated rings. The molecule has 0 spiro atoms. The summed E-state index contributed by atoms with van der Waals surface area (Å²) in [5.74, 6) is 0.682. The molecule has 2 aliphatic heterocycles. The Kier molecular flexibility index (Phi) is 4.36. The Balaban J connectivity index is 1.77. The number of nitrogens with zero attached hydrogens (tertiary/aromatic N) is 4. The number of ether oxygens (including phenoxy) is 1. The summed E-state index contributed by atoms with van der Waals surface area (Å²) < 4.78 is 5.11. The highest BCUT2D eigenvalue weighted by atomic mass is 16.5. The van der Waals surface area contributed by atoms with Crippen molar-refractivity contribution in [2.24, 2.45) is 11.3 Å². The van der Waals surface area contributed by atoms with Crippen molar-refractivity contribution in [3.8, 4) is 0 Å². The van der Waals surface area contributed by atoms with Gasteiger partial charge >= 0.3 is 5.97 Å². The molecule has 0 amide bonds. The quantitative estimate of drug-likeness (QED) is 0.756. The number of hydrogen-bond acceptors (Lipinski definition) is 7. The second-order valence-corrected chi connectivity index (χ2v) is 6.26. The van der Waals surface area contributed by atoms with Gasteiger partial charge in [0.15, 0.2) is 0 Å². The molecule has 3 rings (SSSR count). The monoisotopic (exact) mass is 321 g/mol. The molecule has 2 atom stereocenters. The maximum atomic E-state index is 12.0. The number of aliphatic carboxylic acids is 1. The summed E-state index contributed by atoms with van der Waals surface area (Å²) >= 11 is 0. The Morgan fingerprint density at radius 3 is 3.00 bits per heavy atom. The van der Waals surface area contributed by atoms with Gasteiger partial charge in [0.1, 0.15) is 11.2 Å². The Labute approximate surface area is 135 Å². The minimum absolute atomic E-state index is 0.0821. The van der Waals surface area contributed by atoms with Crippen LogP contribution in [-0.2, 0) is 9.53 Å². The number of methoxy groups -OCH3 is 1. The molecule has 126 valence electrons. The predicted octanol–water partition coefficient (Wildman–Crippen LogP) is -0.0125. The Morgan fingerprint density at radius 2 is 2.35 bits per heavy atom. The predicted molar refractivity (Wildman–Crippen MR) is 85.7 cm³/mol. The van der Waals surface area contributed by atoms with Gasteiger partial charge in [0.2, 0.25) is 5.95 Å². The number of carbonyl (C=O) groups is 1. The fourth-order valence-electron chi connectivity index (χ4n) is 3.65. The van der Waals surface area contributed by atoms with Crippen LogP contribution < -0.4 is 10.2 Å². The van der Waals surface area contributed by atoms with Crippen molar-refractivity contribution in [3.05, 3.63) is 12.3 Å². The van der Waals surface area contributed by atoms with Crippen LogP contribution in [0.2, 0.25) is 0 Å². The number of rotatable bonds is 6. The molecule has 2 N–H and O–H groups in total. The first-order valence-corrected chi connectivity index (χ1v) is 7.79. The molecule has 0 radical (unpaired) electrons. The summed E-state index contributed by atoms with van der Waals surface area (Å²) in [7, 11) is 3.47. The van der Waals surface area contributed by atoms with Crippen molar-refractivity contribution < 1.29 is 14.6 Å². The first-order chi connectivity index (χ1) is 11.1. The van der Waals surface area contributed by atoms with E-state index in [2.05, 4.69) is 20.2 Å². The normalized spacial score (nSPS) is 27.2. The molecular weight excluding hydrogens is 298 g/mol. The SMILES string of the molecule is CNc1ccnc(N2C[C@@H]3CN(CCOC)C[C@]3(C(=O)O)C2)n1. The summed E-state index contributed by atoms with van der Waals surface area (Å²) in [6.07, 6.45) is 1.70. The van der Waals surface area contributed by atoms with Crippen molar-refractivity contribution in [1.29, 1.82) is 0 Å². The number of nitrogens with one attached hydrogen (secondary N) is 1. The second-order valence-electron chi connectivity index (χ2n) is 6.26. The number of fused-ring (bicyclic) bond motifs is 1. The van der Waals surface area contributed by atoms with Crippen LogP contribution in [0.3, 0.4) is 0 Å². The zero-order valence-corrected chi connectivity index (χ0v) is 13.5. The van der Waals surface area contributed by atoms with Gasteiger partial charge in [-0.3, -0.25) is 9.69 Å². The highest BCUT2D eigenvalue weighted by molar-refractivity contribution is 5.78. The zero-order valence-electron chi connectivity index (χ0n) is 13.5. The lowest BCUT2D eigenvalue weighted by molar-refractivity contribution is -0.148. The summed E-state index contributed by atoms with van der Waals surface area (Å²) in [6.45, 7) is 3.84. The third-order valence-corrected chi connectivity index (χ3v) is 4.90. The summed E-state index contributed by atoms with van der Waals surface area (Å²) in [5, 5.41) is 12.8. The molecule has 0 unspecified atom stereocenters. The van der Waals surface area contributed by atoms with Crippen LogP contribution in [-0.4, -0.2) is 79.4 Å². The van der Waals surface area contributed by atoms with E-state index in [0.717, 1.165) is 18.9 Å². The summed E-state index contributed by atoms with van der Waals surface area (Å²) in [5.41, 5.74) is -0.743. The Morgan fingerprint density at radius 1 is 1.52 bits per heavy atom. The Hall–Kier alpha value is -1.93. The molecule has 2 saturated heterocycles. The third kappa shape index (κ3) is 2.84. The third-order valence-electron chi connectivity index (χ3n) is 4.90. The molecule has 8 nitrogen and oxygen atoms in total. The molecule has 0 bridgehead atoms. The van der Waals surface area contributed by atoms with Crippen molar-refractivity contribution in [1.82, 2.24) is 14.9 Å². The van der Waals surface area contributed by atoms with Gasteiger partial charge in [0, 0.05) is 59.0 Å². The van der Waals surface area contributed by atoms with Crippen LogP contribution in [0.15, 0.2) is 12.3 Å². The van der Waals surface area contributed by atoms with E-state index in [1.165, 1.54) is 0 Å². The van der Waals surface area contributed by atoms with E-state index in [1.54, 1.807) is 26.4 Å². The van der Waals surface area contributed by atoms with Crippen LogP contribution >= 0.6 is 0 Å². The number of carboxylic acid groups (broad SMARTS) is 1. The van der Waals surface area contributed by atoms with E-state index in [4.69, 9.17) is 4.74 Å². The zero-order chi connectivity index (χ0) is 16.4. The first kappa shape index (κ1) is 15.9. The molecule has 23 heavy (non-hydrogen) atoms. The minimum Gasteiger partial charge on any atom is -0.481 e. The molecule has 8 heteroatoms. The van der Waals surface area contributed by atoms with Crippen LogP contribution in [0, 0.1) is 11.3 Å². The molecule has 2 aliphatic rings. The van der Waals surface area contributed by atoms with Crippen LogP contribution in [0.25, 0.3) is 0 Å². The lowest BCUT2D eigenvalue weighted by atomic mass is 9.81. The van der Waals surface area contributed by atoms with E-state index >= 15 is 0 Å². The maximum absolute atomic E-state index is 12.0. The highest BCUT2D eigenvalue weighted by Gasteiger charge is 2.57. The molecule has 0 aliphatic carbocycles. The molecule has 1 aromatic heterocycles. The van der Waals surface area contributed by atoms with Crippen LogP contribution in [0.4, 0.5) is 11.8 Å². The topological polar surface area (TPSA) is 90.8 Å². The van der Waals surface area contributed by atoms with Crippen molar-refractivity contribution in [2.75, 3.05) is 63.7 Å². The fourth-order valence-corrected chi connectivity index (χ4v) is 3.65. The van der Waals surface area contributed by atoms with Gasteiger partial charge in [-0.25, -0.2) is 4.98 Å². The van der Waals surface area contributed by atoms with E-state index in [9.17, 15) is 9.90 Å². The molecular formula is C15H23N5O3. The van der Waals surface area contributed by atoms with Gasteiger partial charge < -0.3 is 20.1 Å². The second kappa shape index (κ2) is 6.29. The van der Waals surface area contributed by atoms with Gasteiger partial charge in [0.25, 0.3) is 0 Å². The van der Waals surface area contributed by atoms with Gasteiger partial charge in [-0.05, 0) is 6.07 Å². The lowest BCUT2D eigenvalue weighted by Gasteiger charge is -2.25. The number of likely N-dealkylation sites (tertiary alicyclic amines) is 1. The van der Waals surface area contributed by atoms with Crippen LogP contribution in [0.5, 0.6) is 0 Å². The number of anilines is 2. The van der Waals surface area contributed by atoms with Crippen molar-refractivity contribution in [2.45, 2.75) is 0 Å². The van der Waals surface area contributed by atoms with Gasteiger partial charge in [-0.2, -0.15) is 4.98 Å². The van der Waals surface area contributed by atoms with E-state index in [0.29, 0.717) is 32.2 Å². The van der Waals surface area contributed by atoms with Crippen LogP contribution in [0.1, 0.15) is 0 Å². The molecule has 0 aromatic carbocycles. The smallest absolute Gasteiger partial charge is 0.313 e. The molecule has 0 saturated carbocycles. The fraction of sp³-hybridized carbons (Fsp3) is 0.667. The minimum atomic E-state index is -0.743. The number of hydrogen-bond donors (Lipinski definition) is 2. The van der Waals surface area contributed by atoms with E-state index in [1.807, 2.05) is 4.90 Å². The first-order valence-electron chi connectivity index (χ1n) is 7.79. The standard InChI is InChI=1S/C15H23N5O3/c1-16-12-3-4-17-14(18-12)20-8-11-7-19(5-6-23-2)9-15(11,10-20)13(21)22/h3-4,11H,5-10H2,1-2H3,(H,21,22)(H,16,17,18)/t11-,15-/m0/s1.